The molecule has 2 aliphatic heterocycles. The highest BCUT2D eigenvalue weighted by atomic mass is 16.2. The molecule has 126 valence electrons. The molecule has 0 saturated carbocycles. The molecule has 1 aromatic heterocycles. The molecule has 1 amide bonds. The number of likely N-dealkylation sites (tertiary alicyclic amines) is 2. The van der Waals surface area contributed by atoms with Crippen LogP contribution in [0.1, 0.15) is 54.2 Å². The largest absolute Gasteiger partial charge is 0.334 e. The van der Waals surface area contributed by atoms with Gasteiger partial charge in [0.2, 0.25) is 0 Å². The third kappa shape index (κ3) is 2.80. The van der Waals surface area contributed by atoms with Crippen LogP contribution in [0.2, 0.25) is 0 Å². The molecule has 0 aliphatic carbocycles. The maximum Gasteiger partial charge on any atom is 0.277 e. The molecule has 0 radical (unpaired) electrons. The molecule has 3 rings (SSSR count). The van der Waals surface area contributed by atoms with E-state index in [0.29, 0.717) is 17.3 Å². The first-order chi connectivity index (χ1) is 11.0. The van der Waals surface area contributed by atoms with E-state index in [2.05, 4.69) is 22.0 Å². The first-order valence-corrected chi connectivity index (χ1v) is 8.65. The van der Waals surface area contributed by atoms with Gasteiger partial charge in [-0.3, -0.25) is 14.5 Å². The molecule has 2 saturated heterocycles. The van der Waals surface area contributed by atoms with E-state index in [4.69, 9.17) is 0 Å². The Kier molecular flexibility index (Phi) is 4.53. The Balaban J connectivity index is 1.90. The zero-order valence-electron chi connectivity index (χ0n) is 14.3. The van der Waals surface area contributed by atoms with Crippen LogP contribution < -0.4 is 5.56 Å². The molecule has 1 N–H and O–H groups in total. The van der Waals surface area contributed by atoms with Crippen LogP contribution in [0.15, 0.2) is 4.79 Å². The summed E-state index contributed by atoms with van der Waals surface area (Å²) in [5.74, 6) is -0.125. The molecule has 1 aromatic rings. The number of carbonyl (C=O) groups is 1. The number of hydrogen-bond donors (Lipinski definition) is 1. The van der Waals surface area contributed by atoms with Crippen molar-refractivity contribution in [2.24, 2.45) is 0 Å². The van der Waals surface area contributed by atoms with E-state index in [0.717, 1.165) is 38.9 Å². The summed E-state index contributed by atoms with van der Waals surface area (Å²) >= 11 is 0. The quantitative estimate of drug-likeness (QED) is 0.916. The van der Waals surface area contributed by atoms with Gasteiger partial charge in [-0.15, -0.1) is 0 Å². The van der Waals surface area contributed by atoms with Gasteiger partial charge in [0, 0.05) is 18.6 Å². The molecule has 2 atom stereocenters. The third-order valence-electron chi connectivity index (χ3n) is 5.51. The highest BCUT2D eigenvalue weighted by Crippen LogP contribution is 2.30. The Morgan fingerprint density at radius 3 is 2.65 bits per heavy atom. The summed E-state index contributed by atoms with van der Waals surface area (Å²) in [5.41, 5.74) is 1.30. The SMILES string of the molecule is CCN1CCCC1C1CCCN1C(=O)c1c(C)c(C)n[nH]c1=O. The molecule has 3 heterocycles. The molecular weight excluding hydrogens is 292 g/mol. The highest BCUT2D eigenvalue weighted by Gasteiger charge is 2.40. The summed E-state index contributed by atoms with van der Waals surface area (Å²) in [6.45, 7) is 8.70. The average molecular weight is 318 g/mol. The smallest absolute Gasteiger partial charge is 0.277 e. The zero-order chi connectivity index (χ0) is 16.6. The van der Waals surface area contributed by atoms with E-state index in [1.165, 1.54) is 6.42 Å². The fourth-order valence-corrected chi connectivity index (χ4v) is 4.15. The summed E-state index contributed by atoms with van der Waals surface area (Å²) < 4.78 is 0. The lowest BCUT2D eigenvalue weighted by Crippen LogP contribution is -2.49. The number of H-pyrrole nitrogens is 1. The van der Waals surface area contributed by atoms with Gasteiger partial charge < -0.3 is 4.90 Å². The second-order valence-electron chi connectivity index (χ2n) is 6.68. The van der Waals surface area contributed by atoms with Gasteiger partial charge >= 0.3 is 0 Å². The van der Waals surface area contributed by atoms with Crippen molar-refractivity contribution in [2.75, 3.05) is 19.6 Å². The Labute approximate surface area is 136 Å². The second-order valence-corrected chi connectivity index (χ2v) is 6.68. The number of carbonyl (C=O) groups excluding carboxylic acids is 1. The van der Waals surface area contributed by atoms with Gasteiger partial charge in [-0.2, -0.15) is 5.10 Å². The molecular formula is C17H26N4O2. The predicted molar refractivity (Wildman–Crippen MR) is 88.7 cm³/mol. The van der Waals surface area contributed by atoms with Gasteiger partial charge in [-0.1, -0.05) is 6.92 Å². The Hall–Kier alpha value is -1.69. The molecule has 6 nitrogen and oxygen atoms in total. The lowest BCUT2D eigenvalue weighted by Gasteiger charge is -2.34. The van der Waals surface area contributed by atoms with Crippen LogP contribution in [0.4, 0.5) is 0 Å². The molecule has 2 unspecified atom stereocenters. The van der Waals surface area contributed by atoms with Crippen molar-refractivity contribution in [1.82, 2.24) is 20.0 Å². The van der Waals surface area contributed by atoms with Crippen molar-refractivity contribution in [3.63, 3.8) is 0 Å². The summed E-state index contributed by atoms with van der Waals surface area (Å²) in [6, 6.07) is 0.672. The molecule has 0 aromatic carbocycles. The first kappa shape index (κ1) is 16.2. The van der Waals surface area contributed by atoms with Crippen molar-refractivity contribution in [1.29, 1.82) is 0 Å². The number of aryl methyl sites for hydroxylation is 1. The normalized spacial score (nSPS) is 25.3. The molecule has 0 spiro atoms. The molecule has 2 fully saturated rings. The van der Waals surface area contributed by atoms with Gasteiger partial charge in [-0.05, 0) is 58.2 Å². The van der Waals surface area contributed by atoms with Crippen molar-refractivity contribution in [3.8, 4) is 0 Å². The summed E-state index contributed by atoms with van der Waals surface area (Å²) in [4.78, 5) is 29.6. The van der Waals surface area contributed by atoms with E-state index >= 15 is 0 Å². The van der Waals surface area contributed by atoms with Gasteiger partial charge in [-0.25, -0.2) is 5.10 Å². The standard InChI is InChI=1S/C17H26N4O2/c1-4-20-9-5-7-13(20)14-8-6-10-21(14)17(23)15-11(2)12(3)18-19-16(15)22/h13-14H,4-10H2,1-3H3,(H,19,22). The van der Waals surface area contributed by atoms with Gasteiger partial charge in [0.15, 0.2) is 0 Å². The van der Waals surface area contributed by atoms with Crippen LogP contribution in [0, 0.1) is 13.8 Å². The van der Waals surface area contributed by atoms with Crippen molar-refractivity contribution in [3.05, 3.63) is 27.2 Å². The number of rotatable bonds is 3. The molecule has 0 bridgehead atoms. The minimum absolute atomic E-state index is 0.125. The van der Waals surface area contributed by atoms with Crippen LogP contribution in [0.5, 0.6) is 0 Å². The van der Waals surface area contributed by atoms with E-state index in [1.807, 2.05) is 18.7 Å². The van der Waals surface area contributed by atoms with Crippen LogP contribution in [-0.2, 0) is 0 Å². The minimum Gasteiger partial charge on any atom is -0.334 e. The number of nitrogens with zero attached hydrogens (tertiary/aromatic N) is 3. The van der Waals surface area contributed by atoms with Crippen molar-refractivity contribution >= 4 is 5.91 Å². The Morgan fingerprint density at radius 1 is 1.22 bits per heavy atom. The number of aromatic amines is 1. The van der Waals surface area contributed by atoms with Crippen LogP contribution >= 0.6 is 0 Å². The minimum atomic E-state index is -0.373. The number of likely N-dealkylation sites (N-methyl/N-ethyl adjacent to an activating group) is 1. The van der Waals surface area contributed by atoms with Crippen LogP contribution in [0.3, 0.4) is 0 Å². The molecule has 2 aliphatic rings. The topological polar surface area (TPSA) is 69.3 Å². The Bertz CT molecular complexity index is 654. The van der Waals surface area contributed by atoms with Crippen LogP contribution in [-0.4, -0.2) is 57.6 Å². The third-order valence-corrected chi connectivity index (χ3v) is 5.51. The summed E-state index contributed by atoms with van der Waals surface area (Å²) in [5, 5.41) is 6.41. The van der Waals surface area contributed by atoms with Gasteiger partial charge in [0.05, 0.1) is 5.69 Å². The monoisotopic (exact) mass is 318 g/mol. The lowest BCUT2D eigenvalue weighted by molar-refractivity contribution is 0.0647. The number of aromatic nitrogens is 2. The van der Waals surface area contributed by atoms with E-state index in [9.17, 15) is 9.59 Å². The fraction of sp³-hybridized carbons (Fsp3) is 0.706. The summed E-state index contributed by atoms with van der Waals surface area (Å²) in [6.07, 6.45) is 4.40. The number of hydrogen-bond acceptors (Lipinski definition) is 4. The maximum atomic E-state index is 13.1. The highest BCUT2D eigenvalue weighted by molar-refractivity contribution is 5.95. The van der Waals surface area contributed by atoms with Gasteiger partial charge in [0.1, 0.15) is 5.56 Å². The molecule has 6 heteroatoms. The van der Waals surface area contributed by atoms with Crippen molar-refractivity contribution in [2.45, 2.75) is 58.5 Å². The predicted octanol–water partition coefficient (Wildman–Crippen LogP) is 1.48. The molecule has 23 heavy (non-hydrogen) atoms. The lowest BCUT2D eigenvalue weighted by atomic mass is 10.0. The maximum absolute atomic E-state index is 13.1. The number of nitrogens with one attached hydrogen (secondary N) is 1. The van der Waals surface area contributed by atoms with E-state index < -0.39 is 0 Å². The van der Waals surface area contributed by atoms with E-state index in [-0.39, 0.29) is 23.1 Å². The zero-order valence-corrected chi connectivity index (χ0v) is 14.3. The van der Waals surface area contributed by atoms with Crippen molar-refractivity contribution < 1.29 is 4.79 Å². The van der Waals surface area contributed by atoms with Crippen LogP contribution in [0.25, 0.3) is 0 Å². The fourth-order valence-electron chi connectivity index (χ4n) is 4.15. The first-order valence-electron chi connectivity index (χ1n) is 8.65. The Morgan fingerprint density at radius 2 is 1.91 bits per heavy atom. The second kappa shape index (κ2) is 6.43. The average Bonchev–Trinajstić information content (AvgIpc) is 3.18. The summed E-state index contributed by atoms with van der Waals surface area (Å²) in [7, 11) is 0. The van der Waals surface area contributed by atoms with Gasteiger partial charge in [0.25, 0.3) is 11.5 Å². The number of amides is 1. The van der Waals surface area contributed by atoms with E-state index in [1.54, 1.807) is 0 Å².